The van der Waals surface area contributed by atoms with Crippen LogP contribution in [0, 0.1) is 0 Å². The Morgan fingerprint density at radius 3 is 2.60 bits per heavy atom. The summed E-state index contributed by atoms with van der Waals surface area (Å²) in [5.41, 5.74) is 4.12. The first-order valence-electron chi connectivity index (χ1n) is 6.42. The van der Waals surface area contributed by atoms with E-state index >= 15 is 0 Å². The molecule has 0 aliphatic carbocycles. The number of Topliss-reactive ketones (excluding diaryl/α,β-unsaturated/α-hetero) is 1. The van der Waals surface area contributed by atoms with E-state index in [4.69, 9.17) is 4.74 Å². The van der Waals surface area contributed by atoms with Gasteiger partial charge in [0.15, 0.2) is 5.78 Å². The number of likely N-dealkylation sites (tertiary alicyclic amines) is 1. The van der Waals surface area contributed by atoms with Crippen LogP contribution in [0.4, 0.5) is 5.69 Å². The molecule has 1 aromatic carbocycles. The summed E-state index contributed by atoms with van der Waals surface area (Å²) in [5, 5.41) is 4.15. The molecule has 1 fully saturated rings. The monoisotopic (exact) mass is 275 g/mol. The van der Waals surface area contributed by atoms with E-state index in [9.17, 15) is 9.59 Å². The number of hydrazone groups is 1. The number of carbonyl (C=O) groups is 2. The molecule has 0 bridgehead atoms. The second kappa shape index (κ2) is 6.70. The minimum Gasteiger partial charge on any atom is -0.497 e. The van der Waals surface area contributed by atoms with Gasteiger partial charge in [-0.3, -0.25) is 15.0 Å². The molecule has 1 amide bonds. The number of carbonyl (C=O) groups excluding carboxylic acids is 2. The Bertz CT molecular complexity index is 511. The first-order valence-corrected chi connectivity index (χ1v) is 6.42. The lowest BCUT2D eigenvalue weighted by atomic mass is 10.1. The van der Waals surface area contributed by atoms with E-state index in [2.05, 4.69) is 10.5 Å². The van der Waals surface area contributed by atoms with Crippen LogP contribution in [0.15, 0.2) is 29.4 Å². The van der Waals surface area contributed by atoms with Crippen molar-refractivity contribution in [2.45, 2.75) is 12.8 Å². The van der Waals surface area contributed by atoms with E-state index in [1.165, 1.54) is 0 Å². The van der Waals surface area contributed by atoms with Gasteiger partial charge in [-0.05, 0) is 24.3 Å². The van der Waals surface area contributed by atoms with Gasteiger partial charge in [-0.15, -0.1) is 0 Å². The summed E-state index contributed by atoms with van der Waals surface area (Å²) in [7, 11) is 1.60. The van der Waals surface area contributed by atoms with E-state index in [0.29, 0.717) is 31.6 Å². The molecule has 1 heterocycles. The highest BCUT2D eigenvalue weighted by Gasteiger charge is 2.18. The van der Waals surface area contributed by atoms with E-state index in [-0.39, 0.29) is 5.78 Å². The molecule has 0 saturated carbocycles. The molecule has 106 valence electrons. The number of amides is 1. The average Bonchev–Trinajstić information content (AvgIpc) is 2.67. The Balaban J connectivity index is 2.01. The van der Waals surface area contributed by atoms with Gasteiger partial charge < -0.3 is 9.64 Å². The van der Waals surface area contributed by atoms with Crippen LogP contribution in [0.25, 0.3) is 0 Å². The highest BCUT2D eigenvalue weighted by atomic mass is 16.5. The lowest BCUT2D eigenvalue weighted by molar-refractivity contribution is -0.118. The topological polar surface area (TPSA) is 71.0 Å². The van der Waals surface area contributed by atoms with Crippen molar-refractivity contribution in [3.63, 3.8) is 0 Å². The largest absolute Gasteiger partial charge is 0.497 e. The maximum Gasteiger partial charge on any atom is 0.209 e. The number of nitrogens with one attached hydrogen (secondary N) is 1. The Kier molecular flexibility index (Phi) is 4.70. The van der Waals surface area contributed by atoms with Gasteiger partial charge in [0.2, 0.25) is 6.41 Å². The first kappa shape index (κ1) is 14.0. The van der Waals surface area contributed by atoms with Gasteiger partial charge in [0.1, 0.15) is 11.5 Å². The van der Waals surface area contributed by atoms with Crippen LogP contribution in [-0.4, -0.2) is 43.0 Å². The van der Waals surface area contributed by atoms with Crippen molar-refractivity contribution in [2.24, 2.45) is 5.10 Å². The number of nitrogens with zero attached hydrogens (tertiary/aromatic N) is 2. The summed E-state index contributed by atoms with van der Waals surface area (Å²) in [6.07, 6.45) is 1.57. The van der Waals surface area contributed by atoms with Crippen LogP contribution < -0.4 is 10.2 Å². The van der Waals surface area contributed by atoms with Crippen molar-refractivity contribution in [3.05, 3.63) is 24.3 Å². The normalized spacial score (nSPS) is 17.8. The maximum absolute atomic E-state index is 11.9. The molecule has 1 aromatic rings. The van der Waals surface area contributed by atoms with E-state index in [0.717, 1.165) is 17.8 Å². The van der Waals surface area contributed by atoms with Gasteiger partial charge in [0, 0.05) is 25.9 Å². The zero-order valence-corrected chi connectivity index (χ0v) is 11.3. The summed E-state index contributed by atoms with van der Waals surface area (Å²) >= 11 is 0. The smallest absolute Gasteiger partial charge is 0.209 e. The predicted octanol–water partition coefficient (Wildman–Crippen LogP) is 1.28. The molecule has 0 aromatic heterocycles. The van der Waals surface area contributed by atoms with E-state index in [1.54, 1.807) is 12.0 Å². The van der Waals surface area contributed by atoms with Crippen LogP contribution >= 0.6 is 0 Å². The second-order valence-electron chi connectivity index (χ2n) is 4.46. The van der Waals surface area contributed by atoms with Crippen LogP contribution in [0.5, 0.6) is 5.75 Å². The lowest BCUT2D eigenvalue weighted by Gasteiger charge is -2.11. The summed E-state index contributed by atoms with van der Waals surface area (Å²) in [4.78, 5) is 24.2. The third-order valence-corrected chi connectivity index (χ3v) is 3.14. The fraction of sp³-hybridized carbons (Fsp3) is 0.357. The third kappa shape index (κ3) is 3.57. The molecule has 0 unspecified atom stereocenters. The molecular formula is C14H17N3O3. The summed E-state index contributed by atoms with van der Waals surface area (Å²) in [6.45, 7) is 0.988. The lowest BCUT2D eigenvalue weighted by Crippen LogP contribution is -2.22. The van der Waals surface area contributed by atoms with Gasteiger partial charge in [-0.25, -0.2) is 0 Å². The number of hydrogen-bond donors (Lipinski definition) is 1. The standard InChI is InChI=1S/C14H17N3O3/c1-20-12-4-2-11(3-5-12)15-16-13-6-8-17(10-18)9-7-14(13)19/h2-5,10,15H,6-9H2,1H3/b16-13+. The number of rotatable bonds is 4. The van der Waals surface area contributed by atoms with Crippen LogP contribution in [0.3, 0.4) is 0 Å². The predicted molar refractivity (Wildman–Crippen MR) is 75.9 cm³/mol. The zero-order chi connectivity index (χ0) is 14.4. The van der Waals surface area contributed by atoms with Gasteiger partial charge >= 0.3 is 0 Å². The molecule has 0 spiro atoms. The van der Waals surface area contributed by atoms with Crippen molar-refractivity contribution in [3.8, 4) is 5.75 Å². The Hall–Kier alpha value is -2.37. The Morgan fingerprint density at radius 2 is 1.95 bits per heavy atom. The van der Waals surface area contributed by atoms with Crippen LogP contribution in [-0.2, 0) is 9.59 Å². The molecule has 20 heavy (non-hydrogen) atoms. The molecular weight excluding hydrogens is 258 g/mol. The SMILES string of the molecule is COc1ccc(N/N=C2\CCN(C=O)CCC2=O)cc1. The van der Waals surface area contributed by atoms with Crippen molar-refractivity contribution in [1.29, 1.82) is 0 Å². The van der Waals surface area contributed by atoms with Gasteiger partial charge in [-0.2, -0.15) is 5.10 Å². The summed E-state index contributed by atoms with van der Waals surface area (Å²) in [5.74, 6) is 0.741. The Labute approximate surface area is 117 Å². The van der Waals surface area contributed by atoms with Crippen molar-refractivity contribution < 1.29 is 14.3 Å². The first-order chi connectivity index (χ1) is 9.72. The molecule has 0 atom stereocenters. The van der Waals surface area contributed by atoms with Crippen molar-refractivity contribution in [1.82, 2.24) is 4.90 Å². The van der Waals surface area contributed by atoms with Crippen LogP contribution in [0.2, 0.25) is 0 Å². The van der Waals surface area contributed by atoms with E-state index < -0.39 is 0 Å². The van der Waals surface area contributed by atoms with Crippen molar-refractivity contribution >= 4 is 23.6 Å². The highest BCUT2D eigenvalue weighted by molar-refractivity contribution is 6.40. The fourth-order valence-corrected chi connectivity index (χ4v) is 1.91. The van der Waals surface area contributed by atoms with E-state index in [1.807, 2.05) is 24.3 Å². The molecule has 1 saturated heterocycles. The highest BCUT2D eigenvalue weighted by Crippen LogP contribution is 2.15. The second-order valence-corrected chi connectivity index (χ2v) is 4.46. The van der Waals surface area contributed by atoms with Gasteiger partial charge in [-0.1, -0.05) is 0 Å². The minimum atomic E-state index is -0.0182. The molecule has 2 rings (SSSR count). The van der Waals surface area contributed by atoms with Gasteiger partial charge in [0.25, 0.3) is 0 Å². The summed E-state index contributed by atoms with van der Waals surface area (Å²) < 4.78 is 5.07. The minimum absolute atomic E-state index is 0.0182. The maximum atomic E-state index is 11.9. The molecule has 6 heteroatoms. The Morgan fingerprint density at radius 1 is 1.25 bits per heavy atom. The molecule has 1 aliphatic rings. The quantitative estimate of drug-likeness (QED) is 0.664. The number of ether oxygens (including phenoxy) is 1. The number of methoxy groups -OCH3 is 1. The third-order valence-electron chi connectivity index (χ3n) is 3.14. The molecule has 1 aliphatic heterocycles. The zero-order valence-electron chi connectivity index (χ0n) is 11.3. The number of hydrogen-bond acceptors (Lipinski definition) is 5. The number of anilines is 1. The molecule has 1 N–H and O–H groups in total. The van der Waals surface area contributed by atoms with Crippen molar-refractivity contribution in [2.75, 3.05) is 25.6 Å². The number of benzene rings is 1. The number of ketones is 1. The average molecular weight is 275 g/mol. The molecule has 0 radical (unpaired) electrons. The fourth-order valence-electron chi connectivity index (χ4n) is 1.91. The van der Waals surface area contributed by atoms with Gasteiger partial charge in [0.05, 0.1) is 12.8 Å². The van der Waals surface area contributed by atoms with Crippen LogP contribution in [0.1, 0.15) is 12.8 Å². The summed E-state index contributed by atoms with van der Waals surface area (Å²) in [6, 6.07) is 7.26. The molecule has 6 nitrogen and oxygen atoms in total.